The molecule has 4 rings (SSSR count). The fourth-order valence-corrected chi connectivity index (χ4v) is 6.03. The van der Waals surface area contributed by atoms with Gasteiger partial charge in [0.1, 0.15) is 30.1 Å². The molecule has 1 aliphatic rings. The highest BCUT2D eigenvalue weighted by molar-refractivity contribution is 7.52. The van der Waals surface area contributed by atoms with Crippen LogP contribution in [0.25, 0.3) is 10.8 Å². The van der Waals surface area contributed by atoms with Crippen molar-refractivity contribution < 1.29 is 38.1 Å². The summed E-state index contributed by atoms with van der Waals surface area (Å²) in [6, 6.07) is 12.3. The molecule has 0 radical (unpaired) electrons. The van der Waals surface area contributed by atoms with E-state index in [1.165, 1.54) is 13.8 Å². The molecule has 0 bridgehead atoms. The van der Waals surface area contributed by atoms with Crippen LogP contribution in [0.3, 0.4) is 0 Å². The van der Waals surface area contributed by atoms with Crippen LogP contribution in [0.5, 0.6) is 5.75 Å². The van der Waals surface area contributed by atoms with Gasteiger partial charge in [0.2, 0.25) is 0 Å². The van der Waals surface area contributed by atoms with Gasteiger partial charge in [-0.05, 0) is 39.1 Å². The smallest absolute Gasteiger partial charge is 0.459 e. The van der Waals surface area contributed by atoms with E-state index >= 15 is 0 Å². The lowest BCUT2D eigenvalue weighted by molar-refractivity contribution is -0.149. The number of hydrogen-bond donors (Lipinski definition) is 4. The van der Waals surface area contributed by atoms with Crippen LogP contribution >= 0.6 is 7.75 Å². The second-order valence-electron chi connectivity index (χ2n) is 9.70. The Morgan fingerprint density at radius 3 is 2.45 bits per heavy atom. The van der Waals surface area contributed by atoms with Crippen molar-refractivity contribution in [3.63, 3.8) is 0 Å². The molecule has 1 fully saturated rings. The van der Waals surface area contributed by atoms with Crippen molar-refractivity contribution >= 4 is 24.5 Å². The summed E-state index contributed by atoms with van der Waals surface area (Å²) < 4.78 is 37.8. The summed E-state index contributed by atoms with van der Waals surface area (Å²) in [7, 11) is -4.40. The molecule has 14 heteroatoms. The van der Waals surface area contributed by atoms with Crippen LogP contribution in [0.1, 0.15) is 33.9 Å². The van der Waals surface area contributed by atoms with Crippen molar-refractivity contribution in [1.29, 1.82) is 0 Å². The maximum Gasteiger partial charge on any atom is 0.459 e. The van der Waals surface area contributed by atoms with Crippen LogP contribution in [0.2, 0.25) is 0 Å². The maximum absolute atomic E-state index is 14.2. The first-order valence-corrected chi connectivity index (χ1v) is 14.2. The molecular weight excluding hydrogens is 545 g/mol. The molecule has 2 heterocycles. The maximum atomic E-state index is 14.2. The largest absolute Gasteiger partial charge is 0.462 e. The number of aliphatic hydroxyl groups is 2. The van der Waals surface area contributed by atoms with Gasteiger partial charge >= 0.3 is 19.4 Å². The molecule has 3 aromatic rings. The molecule has 3 unspecified atom stereocenters. The van der Waals surface area contributed by atoms with E-state index in [1.54, 1.807) is 38.1 Å². The molecular formula is C26H32N3O10P. The van der Waals surface area contributed by atoms with Crippen molar-refractivity contribution in [2.75, 3.05) is 0 Å². The quantitative estimate of drug-likeness (QED) is 0.204. The number of carbonyl (C=O) groups excluding carboxylic acids is 1. The number of carbonyl (C=O) groups is 1. The van der Waals surface area contributed by atoms with Gasteiger partial charge in [-0.3, -0.25) is 23.7 Å². The second-order valence-corrected chi connectivity index (χ2v) is 11.3. The van der Waals surface area contributed by atoms with Gasteiger partial charge in [0.05, 0.1) is 12.2 Å². The third kappa shape index (κ3) is 6.52. The highest BCUT2D eigenvalue weighted by Gasteiger charge is 2.49. The molecule has 0 saturated carbocycles. The molecule has 0 amide bonds. The Morgan fingerprint density at radius 1 is 1.05 bits per heavy atom. The van der Waals surface area contributed by atoms with Crippen molar-refractivity contribution in [3.8, 4) is 5.75 Å². The Hall–Kier alpha value is -3.32. The molecule has 7 atom stereocenters. The van der Waals surface area contributed by atoms with Crippen LogP contribution in [-0.4, -0.2) is 62.3 Å². The highest BCUT2D eigenvalue weighted by atomic mass is 31.2. The van der Waals surface area contributed by atoms with E-state index in [0.717, 1.165) is 22.2 Å². The van der Waals surface area contributed by atoms with E-state index in [-0.39, 0.29) is 5.75 Å². The first-order valence-electron chi connectivity index (χ1n) is 12.7. The summed E-state index contributed by atoms with van der Waals surface area (Å²) in [5.74, 6) is -0.491. The lowest BCUT2D eigenvalue weighted by atomic mass is 10.1. The third-order valence-corrected chi connectivity index (χ3v) is 7.94. The topological polar surface area (TPSA) is 178 Å². The number of hydrogen-bond acceptors (Lipinski definition) is 10. The zero-order valence-electron chi connectivity index (χ0n) is 22.3. The van der Waals surface area contributed by atoms with Gasteiger partial charge in [-0.1, -0.05) is 36.4 Å². The first kappa shape index (κ1) is 29.7. The minimum atomic E-state index is -4.40. The molecule has 0 aliphatic carbocycles. The van der Waals surface area contributed by atoms with Gasteiger partial charge in [0.25, 0.3) is 5.56 Å². The van der Waals surface area contributed by atoms with E-state index < -0.39 is 67.8 Å². The van der Waals surface area contributed by atoms with E-state index in [0.29, 0.717) is 5.39 Å². The Labute approximate surface area is 229 Å². The van der Waals surface area contributed by atoms with Gasteiger partial charge in [-0.2, -0.15) is 5.09 Å². The van der Waals surface area contributed by atoms with Gasteiger partial charge in [-0.25, -0.2) is 9.36 Å². The number of rotatable bonds is 10. The summed E-state index contributed by atoms with van der Waals surface area (Å²) in [5, 5.41) is 25.4. The number of aliphatic hydroxyl groups excluding tert-OH is 2. The molecule has 2 aromatic carbocycles. The van der Waals surface area contributed by atoms with E-state index in [2.05, 4.69) is 10.1 Å². The number of esters is 1. The first-order chi connectivity index (χ1) is 18.9. The Kier molecular flexibility index (Phi) is 8.93. The van der Waals surface area contributed by atoms with Crippen LogP contribution in [-0.2, 0) is 23.4 Å². The molecule has 40 heavy (non-hydrogen) atoms. The normalized spacial score (nSPS) is 24.0. The summed E-state index contributed by atoms with van der Waals surface area (Å²) in [6.45, 7) is 6.20. The van der Waals surface area contributed by atoms with E-state index in [1.807, 2.05) is 18.2 Å². The second kappa shape index (κ2) is 12.0. The molecule has 1 aromatic heterocycles. The van der Waals surface area contributed by atoms with Gasteiger partial charge in [0, 0.05) is 17.6 Å². The SMILES string of the molecule is CC(C)OC(=O)C(C)NP(=O)(Oc1cccc2ccccc12)OC(C)[C@H]1O[C@@H](n2ccc(=O)[nH]c2=O)[C@H](O)[C@@H]1O. The zero-order valence-corrected chi connectivity index (χ0v) is 23.2. The average Bonchev–Trinajstić information content (AvgIpc) is 3.18. The third-order valence-electron chi connectivity index (χ3n) is 6.19. The zero-order chi connectivity index (χ0) is 29.2. The summed E-state index contributed by atoms with van der Waals surface area (Å²) in [6.07, 6.45) is -6.33. The lowest BCUT2D eigenvalue weighted by Gasteiger charge is -2.29. The van der Waals surface area contributed by atoms with Crippen molar-refractivity contribution in [1.82, 2.24) is 14.6 Å². The monoisotopic (exact) mass is 577 g/mol. The van der Waals surface area contributed by atoms with Gasteiger partial charge in [0.15, 0.2) is 6.23 Å². The number of H-pyrrole nitrogens is 1. The molecule has 216 valence electrons. The molecule has 0 spiro atoms. The minimum Gasteiger partial charge on any atom is -0.462 e. The lowest BCUT2D eigenvalue weighted by Crippen LogP contribution is -2.41. The van der Waals surface area contributed by atoms with E-state index in [4.69, 9.17) is 18.5 Å². The standard InChI is InChI=1S/C26H32N3O10P/c1-14(2)36-25(33)15(3)28-40(35,39-19-11-7-9-17-8-5-6-10-18(17)19)38-16(4)23-21(31)22(32)24(37-23)29-13-12-20(30)27-26(29)34/h5-16,21-24,31-32H,1-4H3,(H,28,35)(H,27,30,34)/t15?,16?,21-,22+,23+,24+,40?/m0/s1. The Balaban J connectivity index is 1.62. The summed E-state index contributed by atoms with van der Waals surface area (Å²) in [5.41, 5.74) is -1.51. The number of aromatic nitrogens is 2. The molecule has 13 nitrogen and oxygen atoms in total. The van der Waals surface area contributed by atoms with Crippen LogP contribution in [0.4, 0.5) is 0 Å². The van der Waals surface area contributed by atoms with Gasteiger partial charge in [-0.15, -0.1) is 0 Å². The fourth-order valence-electron chi connectivity index (χ4n) is 4.32. The summed E-state index contributed by atoms with van der Waals surface area (Å²) in [4.78, 5) is 38.2. The van der Waals surface area contributed by atoms with Gasteiger partial charge < -0.3 is 24.2 Å². The number of nitrogens with one attached hydrogen (secondary N) is 2. The predicted octanol–water partition coefficient (Wildman–Crippen LogP) is 1.83. The highest BCUT2D eigenvalue weighted by Crippen LogP contribution is 2.49. The Morgan fingerprint density at radius 2 is 1.75 bits per heavy atom. The number of benzene rings is 2. The molecule has 1 saturated heterocycles. The minimum absolute atomic E-state index is 0.205. The molecule has 1 aliphatic heterocycles. The predicted molar refractivity (Wildman–Crippen MR) is 144 cm³/mol. The number of nitrogens with zero attached hydrogens (tertiary/aromatic N) is 1. The van der Waals surface area contributed by atoms with Crippen LogP contribution < -0.4 is 20.9 Å². The van der Waals surface area contributed by atoms with Crippen LogP contribution in [0.15, 0.2) is 64.3 Å². The number of fused-ring (bicyclic) bond motifs is 1. The number of ether oxygens (including phenoxy) is 2. The number of aromatic amines is 1. The van der Waals surface area contributed by atoms with E-state index in [9.17, 15) is 29.2 Å². The molecule has 4 N–H and O–H groups in total. The van der Waals surface area contributed by atoms with Crippen molar-refractivity contribution in [2.45, 2.75) is 70.5 Å². The van der Waals surface area contributed by atoms with Crippen molar-refractivity contribution in [2.24, 2.45) is 0 Å². The summed E-state index contributed by atoms with van der Waals surface area (Å²) >= 11 is 0. The fraction of sp³-hybridized carbons (Fsp3) is 0.423. The van der Waals surface area contributed by atoms with Crippen LogP contribution in [0, 0.1) is 0 Å². The Bertz CT molecular complexity index is 1520. The van der Waals surface area contributed by atoms with Crippen molar-refractivity contribution in [3.05, 3.63) is 75.6 Å². The average molecular weight is 578 g/mol.